The number of aliphatic hydroxyl groups is 1. The van der Waals surface area contributed by atoms with Crippen LogP contribution in [0.25, 0.3) is 0 Å². The van der Waals surface area contributed by atoms with Gasteiger partial charge in [0.15, 0.2) is 0 Å². The Kier molecular flexibility index (Phi) is 3.99. The number of nitrogens with zero attached hydrogens (tertiary/aromatic N) is 2. The van der Waals surface area contributed by atoms with Crippen molar-refractivity contribution in [2.24, 2.45) is 7.05 Å². The molecule has 0 bridgehead atoms. The Morgan fingerprint density at radius 1 is 1.35 bits per heavy atom. The van der Waals surface area contributed by atoms with Gasteiger partial charge in [-0.1, -0.05) is 6.92 Å². The third-order valence-electron chi connectivity index (χ3n) is 3.58. The van der Waals surface area contributed by atoms with Crippen molar-refractivity contribution in [3.63, 3.8) is 0 Å². The van der Waals surface area contributed by atoms with E-state index in [-0.39, 0.29) is 5.54 Å². The Labute approximate surface area is 104 Å². The van der Waals surface area contributed by atoms with E-state index < -0.39 is 5.60 Å². The van der Waals surface area contributed by atoms with E-state index in [9.17, 15) is 5.11 Å². The fourth-order valence-electron chi connectivity index (χ4n) is 1.56. The molecule has 0 aliphatic heterocycles. The van der Waals surface area contributed by atoms with E-state index in [2.05, 4.69) is 17.3 Å². The molecular formula is C13H25N3O. The van der Waals surface area contributed by atoms with Crippen LogP contribution >= 0.6 is 0 Å². The maximum atomic E-state index is 10.1. The fraction of sp³-hybridized carbons (Fsp3) is 0.769. The molecule has 1 aromatic rings. The lowest BCUT2D eigenvalue weighted by molar-refractivity contribution is -0.00534. The SMILES string of the molecule is CCc1nn(C)cc1CNC(C)(C)C(C)(C)O. The van der Waals surface area contributed by atoms with Crippen molar-refractivity contribution in [1.82, 2.24) is 15.1 Å². The number of rotatable bonds is 5. The summed E-state index contributed by atoms with van der Waals surface area (Å²) in [7, 11) is 1.93. The first-order chi connectivity index (χ1) is 7.67. The number of hydrogen-bond donors (Lipinski definition) is 2. The zero-order valence-corrected chi connectivity index (χ0v) is 11.8. The summed E-state index contributed by atoms with van der Waals surface area (Å²) in [6.07, 6.45) is 2.97. The minimum absolute atomic E-state index is 0.339. The van der Waals surface area contributed by atoms with Gasteiger partial charge in [-0.2, -0.15) is 5.10 Å². The van der Waals surface area contributed by atoms with Crippen LogP contribution in [0.5, 0.6) is 0 Å². The second-order valence-electron chi connectivity index (χ2n) is 5.67. The second-order valence-corrected chi connectivity index (χ2v) is 5.67. The first-order valence-corrected chi connectivity index (χ1v) is 6.16. The largest absolute Gasteiger partial charge is 0.389 e. The van der Waals surface area contributed by atoms with E-state index in [4.69, 9.17) is 0 Å². The lowest BCUT2D eigenvalue weighted by atomic mass is 9.86. The molecule has 0 unspecified atom stereocenters. The summed E-state index contributed by atoms with van der Waals surface area (Å²) in [6, 6.07) is 0. The van der Waals surface area contributed by atoms with E-state index in [1.165, 1.54) is 5.56 Å². The standard InChI is InChI=1S/C13H25N3O/c1-7-11-10(9-16(6)15-11)8-14-12(2,3)13(4,5)17/h9,14,17H,7-8H2,1-6H3. The summed E-state index contributed by atoms with van der Waals surface area (Å²) < 4.78 is 1.84. The predicted molar refractivity (Wildman–Crippen MR) is 69.8 cm³/mol. The van der Waals surface area contributed by atoms with Crippen LogP contribution in [-0.4, -0.2) is 26.0 Å². The van der Waals surface area contributed by atoms with Gasteiger partial charge in [-0.3, -0.25) is 4.68 Å². The molecule has 4 nitrogen and oxygen atoms in total. The van der Waals surface area contributed by atoms with Gasteiger partial charge < -0.3 is 10.4 Å². The van der Waals surface area contributed by atoms with Crippen molar-refractivity contribution >= 4 is 0 Å². The van der Waals surface area contributed by atoms with Gasteiger partial charge in [0.05, 0.1) is 11.3 Å². The molecule has 1 aromatic heterocycles. The van der Waals surface area contributed by atoms with Crippen LogP contribution in [-0.2, 0) is 20.0 Å². The molecule has 17 heavy (non-hydrogen) atoms. The van der Waals surface area contributed by atoms with Gasteiger partial charge in [0.2, 0.25) is 0 Å². The van der Waals surface area contributed by atoms with E-state index >= 15 is 0 Å². The molecule has 0 aliphatic rings. The fourth-order valence-corrected chi connectivity index (χ4v) is 1.56. The van der Waals surface area contributed by atoms with Gasteiger partial charge in [0, 0.05) is 30.9 Å². The van der Waals surface area contributed by atoms with Crippen molar-refractivity contribution in [1.29, 1.82) is 0 Å². The smallest absolute Gasteiger partial charge is 0.0767 e. The summed E-state index contributed by atoms with van der Waals surface area (Å²) in [4.78, 5) is 0. The van der Waals surface area contributed by atoms with Gasteiger partial charge in [-0.15, -0.1) is 0 Å². The first kappa shape index (κ1) is 14.2. The van der Waals surface area contributed by atoms with E-state index in [1.807, 2.05) is 45.6 Å². The van der Waals surface area contributed by atoms with Crippen LogP contribution in [0.3, 0.4) is 0 Å². The Balaban J connectivity index is 2.73. The topological polar surface area (TPSA) is 50.1 Å². The summed E-state index contributed by atoms with van der Waals surface area (Å²) in [5.74, 6) is 0. The predicted octanol–water partition coefficient (Wildman–Crippen LogP) is 1.62. The molecule has 0 saturated heterocycles. The summed E-state index contributed by atoms with van der Waals surface area (Å²) in [5.41, 5.74) is 1.22. The van der Waals surface area contributed by atoms with Crippen LogP contribution in [0.2, 0.25) is 0 Å². The van der Waals surface area contributed by atoms with Crippen molar-refractivity contribution in [2.45, 2.75) is 58.7 Å². The van der Waals surface area contributed by atoms with Crippen LogP contribution in [0.1, 0.15) is 45.9 Å². The van der Waals surface area contributed by atoms with Gasteiger partial charge in [0.1, 0.15) is 0 Å². The molecule has 0 aromatic carbocycles. The molecule has 1 rings (SSSR count). The maximum absolute atomic E-state index is 10.1. The zero-order valence-electron chi connectivity index (χ0n) is 11.8. The van der Waals surface area contributed by atoms with Crippen molar-refractivity contribution < 1.29 is 5.11 Å². The molecule has 0 atom stereocenters. The quantitative estimate of drug-likeness (QED) is 0.821. The highest BCUT2D eigenvalue weighted by atomic mass is 16.3. The Hall–Kier alpha value is -0.870. The highest BCUT2D eigenvalue weighted by molar-refractivity contribution is 5.17. The van der Waals surface area contributed by atoms with Gasteiger partial charge in [-0.05, 0) is 34.1 Å². The molecule has 0 radical (unpaired) electrons. The molecule has 1 heterocycles. The van der Waals surface area contributed by atoms with E-state index in [0.29, 0.717) is 0 Å². The molecule has 4 heteroatoms. The Bertz CT molecular complexity index is 375. The molecule has 0 spiro atoms. The molecule has 0 saturated carbocycles. The van der Waals surface area contributed by atoms with Crippen molar-refractivity contribution in [3.05, 3.63) is 17.5 Å². The summed E-state index contributed by atoms with van der Waals surface area (Å²) in [5, 5.41) is 17.9. The number of nitrogens with one attached hydrogen (secondary N) is 1. The molecule has 2 N–H and O–H groups in total. The molecule has 0 amide bonds. The van der Waals surface area contributed by atoms with Crippen molar-refractivity contribution in [2.75, 3.05) is 0 Å². The lowest BCUT2D eigenvalue weighted by Crippen LogP contribution is -2.55. The third kappa shape index (κ3) is 3.30. The normalized spacial score (nSPS) is 13.1. The van der Waals surface area contributed by atoms with Crippen LogP contribution < -0.4 is 5.32 Å². The van der Waals surface area contributed by atoms with Gasteiger partial charge in [-0.25, -0.2) is 0 Å². The highest BCUT2D eigenvalue weighted by Gasteiger charge is 2.34. The highest BCUT2D eigenvalue weighted by Crippen LogP contribution is 2.21. The minimum Gasteiger partial charge on any atom is -0.389 e. The average Bonchev–Trinajstić information content (AvgIpc) is 2.54. The van der Waals surface area contributed by atoms with Gasteiger partial charge >= 0.3 is 0 Å². The van der Waals surface area contributed by atoms with Crippen molar-refractivity contribution in [3.8, 4) is 0 Å². The monoisotopic (exact) mass is 239 g/mol. The van der Waals surface area contributed by atoms with Crippen LogP contribution in [0.15, 0.2) is 6.20 Å². The number of aryl methyl sites for hydroxylation is 2. The van der Waals surface area contributed by atoms with Crippen LogP contribution in [0.4, 0.5) is 0 Å². The maximum Gasteiger partial charge on any atom is 0.0767 e. The third-order valence-corrected chi connectivity index (χ3v) is 3.58. The Morgan fingerprint density at radius 2 is 1.94 bits per heavy atom. The van der Waals surface area contributed by atoms with E-state index in [0.717, 1.165) is 18.7 Å². The molecule has 0 fully saturated rings. The summed E-state index contributed by atoms with van der Waals surface area (Å²) >= 11 is 0. The Morgan fingerprint density at radius 3 is 2.41 bits per heavy atom. The second kappa shape index (κ2) is 4.78. The average molecular weight is 239 g/mol. The number of aromatic nitrogens is 2. The minimum atomic E-state index is -0.762. The van der Waals surface area contributed by atoms with Crippen LogP contribution in [0, 0.1) is 0 Å². The molecule has 0 aliphatic carbocycles. The zero-order chi connectivity index (χ0) is 13.3. The number of hydrogen-bond acceptors (Lipinski definition) is 3. The van der Waals surface area contributed by atoms with E-state index in [1.54, 1.807) is 0 Å². The van der Waals surface area contributed by atoms with Gasteiger partial charge in [0.25, 0.3) is 0 Å². The molecule has 98 valence electrons. The lowest BCUT2D eigenvalue weighted by Gasteiger charge is -2.38. The first-order valence-electron chi connectivity index (χ1n) is 6.16. The molecular weight excluding hydrogens is 214 g/mol. The summed E-state index contributed by atoms with van der Waals surface area (Å²) in [6.45, 7) is 10.5.